The lowest BCUT2D eigenvalue weighted by Gasteiger charge is -2.46. The Hall–Kier alpha value is -7.84. The van der Waals surface area contributed by atoms with E-state index in [2.05, 4.69) is 26.6 Å². The van der Waals surface area contributed by atoms with Crippen LogP contribution >= 0.6 is 23.5 Å². The molecule has 0 unspecified atom stereocenters. The van der Waals surface area contributed by atoms with Crippen LogP contribution in [0, 0.1) is 0 Å². The smallest absolute Gasteiger partial charge is 0.364 e. The molecule has 512 valence electrons. The molecule has 12 N–H and O–H groups in total. The predicted molar refractivity (Wildman–Crippen MR) is 348 cm³/mol. The molecule has 2 saturated heterocycles. The summed E-state index contributed by atoms with van der Waals surface area (Å²) in [5, 5.41) is 90.1. The average molecular weight is 1360 g/mol. The fraction of sp³-hybridized carbons (Fsp3) is 0.433. The molecule has 12 atom stereocenters. The maximum absolute atomic E-state index is 13.0. The van der Waals surface area contributed by atoms with Gasteiger partial charge in [-0.05, 0) is 121 Å². The van der Waals surface area contributed by atoms with Crippen LogP contribution in [0.15, 0.2) is 133 Å². The third kappa shape index (κ3) is 22.4. The molecule has 2 aliphatic rings. The Labute approximate surface area is 557 Å². The number of aldehydes is 1. The summed E-state index contributed by atoms with van der Waals surface area (Å²) < 4.78 is 34.9. The number of hydrogen-bond donors (Lipinski definition) is 12. The van der Waals surface area contributed by atoms with Gasteiger partial charge in [0, 0.05) is 80.8 Å². The van der Waals surface area contributed by atoms with E-state index in [1.54, 1.807) is 72.8 Å². The third-order valence-electron chi connectivity index (χ3n) is 15.3. The number of aliphatic hydroxyl groups excluding tert-OH is 6. The second-order valence-electron chi connectivity index (χ2n) is 22.6. The summed E-state index contributed by atoms with van der Waals surface area (Å²) in [5.74, 6) is -4.81. The molecule has 2 heterocycles. The molecular weight excluding hydrogens is 1270 g/mol. The molecule has 5 aromatic rings. The van der Waals surface area contributed by atoms with E-state index >= 15 is 0 Å². The highest BCUT2D eigenvalue weighted by Gasteiger charge is 2.56. The lowest BCUT2D eigenvalue weighted by atomic mass is 9.88. The van der Waals surface area contributed by atoms with Crippen molar-refractivity contribution in [2.45, 2.75) is 125 Å². The van der Waals surface area contributed by atoms with Gasteiger partial charge in [-0.15, -0.1) is 0 Å². The van der Waals surface area contributed by atoms with Crippen LogP contribution in [0.3, 0.4) is 0 Å². The van der Waals surface area contributed by atoms with Crippen molar-refractivity contribution in [1.82, 2.24) is 26.6 Å². The zero-order valence-corrected chi connectivity index (χ0v) is 54.0. The van der Waals surface area contributed by atoms with Gasteiger partial charge < -0.3 is 90.8 Å². The number of aliphatic carboxylic acids is 1. The second-order valence-corrected chi connectivity index (χ2v) is 25.0. The predicted octanol–water partition coefficient (Wildman–Crippen LogP) is 3.53. The van der Waals surface area contributed by atoms with Crippen LogP contribution in [0.5, 0.6) is 23.0 Å². The second kappa shape index (κ2) is 36.9. The number of carbonyl (C=O) groups is 8. The fourth-order valence-electron chi connectivity index (χ4n) is 10.3. The van der Waals surface area contributed by atoms with E-state index < -0.39 is 128 Å². The average Bonchev–Trinajstić information content (AvgIpc) is 0.781. The minimum atomic E-state index is -2.48. The molecule has 0 saturated carbocycles. The van der Waals surface area contributed by atoms with Crippen molar-refractivity contribution in [3.05, 3.63) is 156 Å². The quantitative estimate of drug-likeness (QED) is 0.0154. The van der Waals surface area contributed by atoms with Crippen molar-refractivity contribution in [1.29, 1.82) is 0 Å². The first-order valence-electron chi connectivity index (χ1n) is 30.8. The number of carbonyl (C=O) groups excluding carboxylic acids is 7. The number of thioether (sulfide) groups is 2. The first kappa shape index (κ1) is 74.6. The van der Waals surface area contributed by atoms with Crippen molar-refractivity contribution >= 4 is 71.1 Å². The van der Waals surface area contributed by atoms with Crippen LogP contribution in [0.2, 0.25) is 0 Å². The number of benzene rings is 5. The molecule has 0 aromatic heterocycles. The molecule has 2 aliphatic heterocycles. The highest BCUT2D eigenvalue weighted by atomic mass is 32.2. The zero-order valence-electron chi connectivity index (χ0n) is 52.3. The molecule has 0 bridgehead atoms. The van der Waals surface area contributed by atoms with Crippen LogP contribution in [0.25, 0.3) is 0 Å². The summed E-state index contributed by atoms with van der Waals surface area (Å²) in [6, 6.07) is 34.0. The zero-order chi connectivity index (χ0) is 68.5. The first-order valence-corrected chi connectivity index (χ1v) is 33.2. The molecule has 0 radical (unpaired) electrons. The molecule has 0 spiro atoms. The van der Waals surface area contributed by atoms with Crippen LogP contribution < -0.4 is 36.1 Å². The summed E-state index contributed by atoms with van der Waals surface area (Å²) in [7, 11) is 0. The topological polar surface area (TPSA) is 394 Å². The van der Waals surface area contributed by atoms with Crippen molar-refractivity contribution in [2.24, 2.45) is 0 Å². The summed E-state index contributed by atoms with van der Waals surface area (Å²) in [4.78, 5) is 101. The molecule has 2 fully saturated rings. The Balaban J connectivity index is 0.762. The van der Waals surface area contributed by atoms with Crippen LogP contribution in [0.4, 0.5) is 0 Å². The number of ether oxygens (including phenoxy) is 6. The van der Waals surface area contributed by atoms with Crippen molar-refractivity contribution in [3.8, 4) is 23.0 Å². The van der Waals surface area contributed by atoms with Gasteiger partial charge in [-0.3, -0.25) is 33.6 Å². The van der Waals surface area contributed by atoms with E-state index in [-0.39, 0.29) is 42.5 Å². The number of carboxylic acids is 1. The molecule has 7 rings (SSSR count). The van der Waals surface area contributed by atoms with Gasteiger partial charge in [-0.25, -0.2) is 4.79 Å². The summed E-state index contributed by atoms with van der Waals surface area (Å²) in [5.41, 5.74) is 1.20. The van der Waals surface area contributed by atoms with E-state index in [0.29, 0.717) is 89.2 Å². The molecule has 5 aromatic carbocycles. The van der Waals surface area contributed by atoms with E-state index in [9.17, 15) is 74.1 Å². The summed E-state index contributed by atoms with van der Waals surface area (Å²) in [6.45, 7) is 1.44. The monoisotopic (exact) mass is 1360 g/mol. The molecule has 95 heavy (non-hydrogen) atoms. The summed E-state index contributed by atoms with van der Waals surface area (Å²) in [6.07, 6.45) is -12.8. The highest BCUT2D eigenvalue weighted by molar-refractivity contribution is 7.99. The Morgan fingerprint density at radius 3 is 1.42 bits per heavy atom. The number of nitrogens with one attached hydrogen (secondary N) is 5. The first-order chi connectivity index (χ1) is 45.6. The van der Waals surface area contributed by atoms with Crippen LogP contribution in [-0.4, -0.2) is 212 Å². The van der Waals surface area contributed by atoms with E-state index in [1.165, 1.54) is 54.7 Å². The lowest BCUT2D eigenvalue weighted by Crippen LogP contribution is -2.68. The third-order valence-corrected chi connectivity index (χ3v) is 17.5. The normalized spacial score (nSPS) is 22.1. The minimum absolute atomic E-state index is 0.0293. The van der Waals surface area contributed by atoms with Gasteiger partial charge in [-0.1, -0.05) is 48.5 Å². The van der Waals surface area contributed by atoms with Crippen molar-refractivity contribution in [3.63, 3.8) is 0 Å². The molecular formula is C67H81N5O21S2. The summed E-state index contributed by atoms with van der Waals surface area (Å²) >= 11 is 2.97. The molecule has 28 heteroatoms. The molecule has 26 nitrogen and oxygen atoms in total. The minimum Gasteiger partial charge on any atom is -0.477 e. The highest BCUT2D eigenvalue weighted by Crippen LogP contribution is 2.35. The number of para-hydroxylation sites is 2. The van der Waals surface area contributed by atoms with E-state index in [0.717, 1.165) is 6.92 Å². The van der Waals surface area contributed by atoms with Crippen LogP contribution in [-0.2, 0) is 38.1 Å². The number of amides is 5. The number of hydrogen-bond acceptors (Lipinski definition) is 22. The van der Waals surface area contributed by atoms with E-state index in [1.807, 2.05) is 36.4 Å². The van der Waals surface area contributed by atoms with Crippen molar-refractivity contribution < 1.29 is 103 Å². The van der Waals surface area contributed by atoms with Gasteiger partial charge in [0.05, 0.1) is 49.7 Å². The standard InChI is InChI=1S/C67H81N5O21S2/c1-41(74)71-56-52(77)36-66(40-73,92-60(56)58(81)54(79)38-69-63(84)45-21-25-49(26-22-45)90-47-12-5-3-6-13-47)88-30-10-34-95-35-29-68-62(83)44-19-17-43(18-20-44)51(76)16-9-32-94-33-11-31-89-67(65(86)87)37-53(78)57(72-42(2)75)61(93-67)59(82)55(80)39-70-64(85)46-23-27-50(28-24-46)91-48-14-7-4-8-15-48/h3-8,12-15,17-28,40,52-61,77-82H,9-11,16,29-39H2,1-2H3,(H,68,83)(H,69,84)(H,70,85)(H,71,74)(H,72,75)(H,86,87)/t52-,53-,54+,55-,56+,57+,58+,59+,60+,61+,66+,67+/m0/s1. The molecule has 5 amide bonds. The molecule has 0 aliphatic carbocycles. The van der Waals surface area contributed by atoms with Crippen molar-refractivity contribution in [2.75, 3.05) is 55.9 Å². The number of carboxylic acid groups (broad SMARTS) is 1. The van der Waals surface area contributed by atoms with Gasteiger partial charge in [0.2, 0.25) is 17.6 Å². The van der Waals surface area contributed by atoms with Gasteiger partial charge in [0.1, 0.15) is 47.4 Å². The Morgan fingerprint density at radius 1 is 0.537 bits per heavy atom. The maximum Gasteiger partial charge on any atom is 0.364 e. The van der Waals surface area contributed by atoms with Crippen LogP contribution in [0.1, 0.15) is 93.8 Å². The number of Topliss-reactive ketones (excluding diaryl/α,β-unsaturated/α-hetero) is 1. The van der Waals surface area contributed by atoms with Gasteiger partial charge in [-0.2, -0.15) is 23.5 Å². The number of ketones is 1. The van der Waals surface area contributed by atoms with Gasteiger partial charge >= 0.3 is 5.97 Å². The lowest BCUT2D eigenvalue weighted by molar-refractivity contribution is -0.310. The Kier molecular flexibility index (Phi) is 28.9. The maximum atomic E-state index is 13.0. The number of rotatable bonds is 37. The fourth-order valence-corrected chi connectivity index (χ4v) is 12.0. The van der Waals surface area contributed by atoms with E-state index in [4.69, 9.17) is 28.4 Å². The Morgan fingerprint density at radius 2 is 0.947 bits per heavy atom. The SMILES string of the molecule is CC(=O)N[C@H]1[C@H]([C@H](O)[C@H](O)CNC(=O)c2ccc(Oc3ccccc3)cc2)O[C@](C=O)(OCCCSCCNC(=O)c2ccc(C(=O)CCCSCCCO[C@]3(C(=O)O)C[C@H](O)[C@@H](NC(C)=O)[C@H]([C@H](O)[C@@H](O)CNC(=O)c4ccc(Oc5ccccc5)cc4)O3)cc2)C[C@@H]1O. The van der Waals surface area contributed by atoms with Gasteiger partial charge in [0.15, 0.2) is 12.1 Å². The Bertz CT molecular complexity index is 3310. The van der Waals surface area contributed by atoms with Gasteiger partial charge in [0.25, 0.3) is 23.5 Å². The number of aliphatic hydroxyl groups is 6. The largest absolute Gasteiger partial charge is 0.477 e.